The van der Waals surface area contributed by atoms with Crippen LogP contribution in [0.1, 0.15) is 0 Å². The molecule has 3 rings (SSSR count). The lowest BCUT2D eigenvalue weighted by molar-refractivity contribution is 0.902. The average molecular weight is 396 g/mol. The molecule has 24 heavy (non-hydrogen) atoms. The Morgan fingerprint density at radius 3 is 2.62 bits per heavy atom. The fourth-order valence-corrected chi connectivity index (χ4v) is 3.50. The second-order valence-electron chi connectivity index (χ2n) is 4.97. The van der Waals surface area contributed by atoms with Crippen LogP contribution in [0.3, 0.4) is 0 Å². The summed E-state index contributed by atoms with van der Waals surface area (Å²) in [4.78, 5) is 4.55. The van der Waals surface area contributed by atoms with Crippen LogP contribution in [0.2, 0.25) is 15.1 Å². The molecule has 0 aliphatic carbocycles. The van der Waals surface area contributed by atoms with Gasteiger partial charge in [0, 0.05) is 22.0 Å². The van der Waals surface area contributed by atoms with Gasteiger partial charge in [-0.05, 0) is 30.3 Å². The van der Waals surface area contributed by atoms with Crippen molar-refractivity contribution in [3.05, 3.63) is 76.4 Å². The Hall–Kier alpha value is -1.39. The Labute approximate surface area is 160 Å². The van der Waals surface area contributed by atoms with Gasteiger partial charge in [0.2, 0.25) is 0 Å². The molecule has 0 spiro atoms. The second-order valence-corrected chi connectivity index (χ2v) is 7.21. The van der Waals surface area contributed by atoms with Gasteiger partial charge in [-0.25, -0.2) is 4.98 Å². The third kappa shape index (κ3) is 3.65. The molecule has 0 N–H and O–H groups in total. The summed E-state index contributed by atoms with van der Waals surface area (Å²) in [6.45, 7) is 3.77. The third-order valence-corrected chi connectivity index (χ3v) is 5.26. The maximum Gasteiger partial charge on any atom is 0.173 e. The van der Waals surface area contributed by atoms with E-state index in [-0.39, 0.29) is 0 Å². The smallest absolute Gasteiger partial charge is 0.173 e. The molecule has 0 fully saturated rings. The van der Waals surface area contributed by atoms with E-state index in [0.717, 1.165) is 27.9 Å². The number of benzene rings is 2. The van der Waals surface area contributed by atoms with E-state index in [9.17, 15) is 0 Å². The predicted octanol–water partition coefficient (Wildman–Crippen LogP) is 6.78. The summed E-state index contributed by atoms with van der Waals surface area (Å²) in [6.07, 6.45) is 3.67. The number of hydrogen-bond donors (Lipinski definition) is 0. The Morgan fingerprint density at radius 1 is 1.08 bits per heavy atom. The minimum absolute atomic E-state index is 0.508. The highest BCUT2D eigenvalue weighted by Crippen LogP contribution is 2.33. The monoisotopic (exact) mass is 394 g/mol. The first-order valence-corrected chi connectivity index (χ1v) is 9.25. The van der Waals surface area contributed by atoms with Crippen LogP contribution in [0, 0.1) is 0 Å². The molecule has 0 aliphatic heterocycles. The Bertz CT molecular complexity index is 890. The van der Waals surface area contributed by atoms with Crippen molar-refractivity contribution in [3.63, 3.8) is 0 Å². The van der Waals surface area contributed by atoms with Crippen LogP contribution in [0.4, 0.5) is 0 Å². The van der Waals surface area contributed by atoms with Gasteiger partial charge in [-0.1, -0.05) is 64.8 Å². The van der Waals surface area contributed by atoms with Crippen molar-refractivity contribution in [2.45, 2.75) is 5.16 Å². The van der Waals surface area contributed by atoms with Crippen LogP contribution in [0.25, 0.3) is 16.9 Å². The molecule has 1 heterocycles. The molecule has 0 amide bonds. The van der Waals surface area contributed by atoms with Crippen molar-refractivity contribution >= 4 is 46.6 Å². The summed E-state index contributed by atoms with van der Waals surface area (Å²) in [5.74, 6) is 0.762. The Balaban J connectivity index is 2.17. The maximum atomic E-state index is 6.18. The van der Waals surface area contributed by atoms with Crippen molar-refractivity contribution in [1.29, 1.82) is 0 Å². The molecule has 0 radical (unpaired) electrons. The van der Waals surface area contributed by atoms with Crippen molar-refractivity contribution in [2.75, 3.05) is 5.75 Å². The summed E-state index contributed by atoms with van der Waals surface area (Å²) in [6, 6.07) is 13.2. The molecule has 0 unspecified atom stereocenters. The SMILES string of the molecule is C=CCSc1ncc(-c2ccc(Cl)c(Cl)c2)n1-c1cccc(Cl)c1. The van der Waals surface area contributed by atoms with Crippen LogP contribution >= 0.6 is 46.6 Å². The minimum atomic E-state index is 0.508. The number of thioether (sulfide) groups is 1. The predicted molar refractivity (Wildman–Crippen MR) is 105 cm³/mol. The Morgan fingerprint density at radius 2 is 1.92 bits per heavy atom. The molecule has 0 saturated heterocycles. The van der Waals surface area contributed by atoms with Crippen molar-refractivity contribution < 1.29 is 0 Å². The van der Waals surface area contributed by atoms with E-state index in [2.05, 4.69) is 16.1 Å². The zero-order valence-electron chi connectivity index (χ0n) is 12.5. The molecular formula is C18H13Cl3N2S. The summed E-state index contributed by atoms with van der Waals surface area (Å²) >= 11 is 20.0. The third-order valence-electron chi connectivity index (χ3n) is 3.34. The van der Waals surface area contributed by atoms with Crippen LogP contribution in [0.5, 0.6) is 0 Å². The summed E-state index contributed by atoms with van der Waals surface area (Å²) in [5.41, 5.74) is 2.79. The highest BCUT2D eigenvalue weighted by atomic mass is 35.5. The lowest BCUT2D eigenvalue weighted by atomic mass is 10.1. The van der Waals surface area contributed by atoms with Gasteiger partial charge < -0.3 is 0 Å². The van der Waals surface area contributed by atoms with Gasteiger partial charge in [0.25, 0.3) is 0 Å². The average Bonchev–Trinajstić information content (AvgIpc) is 2.99. The molecule has 2 aromatic carbocycles. The number of imidazole rings is 1. The number of hydrogen-bond acceptors (Lipinski definition) is 2. The largest absolute Gasteiger partial charge is 0.287 e. The van der Waals surface area contributed by atoms with Crippen LogP contribution in [-0.2, 0) is 0 Å². The standard InChI is InChI=1S/C18H13Cl3N2S/c1-2-8-24-18-22-11-17(12-6-7-15(20)16(21)9-12)23(18)14-5-3-4-13(19)10-14/h2-7,9-11H,1,8H2. The zero-order valence-corrected chi connectivity index (χ0v) is 15.6. The molecule has 1 aromatic heterocycles. The fourth-order valence-electron chi connectivity index (χ4n) is 2.29. The molecule has 2 nitrogen and oxygen atoms in total. The lowest BCUT2D eigenvalue weighted by Gasteiger charge is -2.12. The van der Waals surface area contributed by atoms with E-state index in [1.165, 1.54) is 0 Å². The van der Waals surface area contributed by atoms with Gasteiger partial charge in [0.15, 0.2) is 5.16 Å². The van der Waals surface area contributed by atoms with E-state index in [0.29, 0.717) is 15.1 Å². The second kappa shape index (κ2) is 7.66. The van der Waals surface area contributed by atoms with Crippen molar-refractivity contribution in [2.24, 2.45) is 0 Å². The molecule has 0 saturated carbocycles. The quantitative estimate of drug-likeness (QED) is 0.350. The van der Waals surface area contributed by atoms with Crippen molar-refractivity contribution in [1.82, 2.24) is 9.55 Å². The van der Waals surface area contributed by atoms with Gasteiger partial charge in [-0.2, -0.15) is 0 Å². The number of nitrogens with zero attached hydrogens (tertiary/aromatic N) is 2. The van der Waals surface area contributed by atoms with Gasteiger partial charge in [-0.3, -0.25) is 4.57 Å². The first-order chi connectivity index (χ1) is 11.6. The summed E-state index contributed by atoms with van der Waals surface area (Å²) in [5, 5.41) is 2.56. The van der Waals surface area contributed by atoms with E-state index < -0.39 is 0 Å². The molecule has 3 aromatic rings. The molecule has 6 heteroatoms. The normalized spacial score (nSPS) is 10.8. The van der Waals surface area contributed by atoms with E-state index in [4.69, 9.17) is 34.8 Å². The minimum Gasteiger partial charge on any atom is -0.287 e. The van der Waals surface area contributed by atoms with Crippen LogP contribution < -0.4 is 0 Å². The highest BCUT2D eigenvalue weighted by molar-refractivity contribution is 7.99. The summed E-state index contributed by atoms with van der Waals surface area (Å²) < 4.78 is 2.06. The molecule has 122 valence electrons. The number of aromatic nitrogens is 2. The maximum absolute atomic E-state index is 6.18. The van der Waals surface area contributed by atoms with E-state index in [1.807, 2.05) is 48.7 Å². The lowest BCUT2D eigenvalue weighted by Crippen LogP contribution is -1.99. The molecule has 0 atom stereocenters. The molecule has 0 aliphatic rings. The number of halogens is 3. The van der Waals surface area contributed by atoms with Gasteiger partial charge in [-0.15, -0.1) is 6.58 Å². The van der Waals surface area contributed by atoms with Crippen LogP contribution in [-0.4, -0.2) is 15.3 Å². The van der Waals surface area contributed by atoms with Crippen LogP contribution in [0.15, 0.2) is 66.5 Å². The topological polar surface area (TPSA) is 17.8 Å². The van der Waals surface area contributed by atoms with Crippen molar-refractivity contribution in [3.8, 4) is 16.9 Å². The zero-order chi connectivity index (χ0) is 17.1. The molecular weight excluding hydrogens is 383 g/mol. The fraction of sp³-hybridized carbons (Fsp3) is 0.0556. The van der Waals surface area contributed by atoms with E-state index in [1.54, 1.807) is 17.8 Å². The summed E-state index contributed by atoms with van der Waals surface area (Å²) in [7, 11) is 0. The van der Waals surface area contributed by atoms with Gasteiger partial charge in [0.05, 0.1) is 21.9 Å². The Kier molecular flexibility index (Phi) is 5.57. The first kappa shape index (κ1) is 17.4. The van der Waals surface area contributed by atoms with E-state index >= 15 is 0 Å². The highest BCUT2D eigenvalue weighted by Gasteiger charge is 2.15. The molecule has 0 bridgehead atoms. The first-order valence-electron chi connectivity index (χ1n) is 7.13. The van der Waals surface area contributed by atoms with Gasteiger partial charge >= 0.3 is 0 Å². The van der Waals surface area contributed by atoms with Gasteiger partial charge in [0.1, 0.15) is 0 Å². The number of rotatable bonds is 5.